The second kappa shape index (κ2) is 7.56. The first-order chi connectivity index (χ1) is 11.6. The summed E-state index contributed by atoms with van der Waals surface area (Å²) in [5.41, 5.74) is 2.07. The number of carbonyl (C=O) groups excluding carboxylic acids is 1. The maximum atomic E-state index is 12.8. The Bertz CT molecular complexity index is 721. The first-order valence-electron chi connectivity index (χ1n) is 8.07. The molecule has 3 nitrogen and oxygen atoms in total. The molecule has 2 aromatic carbocycles. The maximum absolute atomic E-state index is 12.8. The minimum atomic E-state index is -0.144. The highest BCUT2D eigenvalue weighted by Crippen LogP contribution is 2.34. The molecule has 1 saturated heterocycles. The summed E-state index contributed by atoms with van der Waals surface area (Å²) in [6.07, 6.45) is 0. The van der Waals surface area contributed by atoms with Crippen LogP contribution in [0, 0.1) is 5.92 Å². The molecule has 1 fully saturated rings. The van der Waals surface area contributed by atoms with Gasteiger partial charge in [0, 0.05) is 29.1 Å². The second-order valence-electron chi connectivity index (χ2n) is 6.18. The van der Waals surface area contributed by atoms with E-state index in [0.29, 0.717) is 16.6 Å². The molecule has 5 heteroatoms. The SMILES string of the molecule is CC(NC(=O)C1CNCC1c1ccc(Cl)cc1Cl)c1ccccc1. The van der Waals surface area contributed by atoms with Gasteiger partial charge in [0.2, 0.25) is 5.91 Å². The monoisotopic (exact) mass is 362 g/mol. The third-order valence-corrected chi connectivity index (χ3v) is 5.13. The molecule has 2 N–H and O–H groups in total. The van der Waals surface area contributed by atoms with Gasteiger partial charge in [-0.2, -0.15) is 0 Å². The van der Waals surface area contributed by atoms with E-state index in [1.165, 1.54) is 0 Å². The number of nitrogens with one attached hydrogen (secondary N) is 2. The molecule has 1 heterocycles. The number of hydrogen-bond acceptors (Lipinski definition) is 2. The Morgan fingerprint density at radius 1 is 1.17 bits per heavy atom. The molecule has 0 aliphatic carbocycles. The first kappa shape index (κ1) is 17.3. The van der Waals surface area contributed by atoms with E-state index in [4.69, 9.17) is 23.2 Å². The van der Waals surface area contributed by atoms with Crippen molar-refractivity contribution in [3.05, 3.63) is 69.7 Å². The van der Waals surface area contributed by atoms with Crippen LogP contribution in [0.5, 0.6) is 0 Å². The van der Waals surface area contributed by atoms with E-state index < -0.39 is 0 Å². The standard InChI is InChI=1S/C19H20Cl2N2O/c1-12(13-5-3-2-4-6-13)23-19(24)17-11-22-10-16(17)15-8-7-14(20)9-18(15)21/h2-9,12,16-17,22H,10-11H2,1H3,(H,23,24). The highest BCUT2D eigenvalue weighted by Gasteiger charge is 2.35. The fraction of sp³-hybridized carbons (Fsp3) is 0.316. The van der Waals surface area contributed by atoms with Crippen LogP contribution in [-0.4, -0.2) is 19.0 Å². The molecule has 1 amide bonds. The number of hydrogen-bond donors (Lipinski definition) is 2. The zero-order valence-electron chi connectivity index (χ0n) is 13.4. The summed E-state index contributed by atoms with van der Waals surface area (Å²) in [6, 6.07) is 15.4. The molecule has 0 aromatic heterocycles. The van der Waals surface area contributed by atoms with E-state index in [2.05, 4.69) is 10.6 Å². The molecule has 3 rings (SSSR count). The minimum Gasteiger partial charge on any atom is -0.349 e. The lowest BCUT2D eigenvalue weighted by atomic mass is 9.88. The molecule has 0 spiro atoms. The molecule has 0 saturated carbocycles. The largest absolute Gasteiger partial charge is 0.349 e. The Balaban J connectivity index is 1.74. The van der Waals surface area contributed by atoms with Crippen molar-refractivity contribution < 1.29 is 4.79 Å². The number of carbonyl (C=O) groups is 1. The lowest BCUT2D eigenvalue weighted by Gasteiger charge is -2.22. The summed E-state index contributed by atoms with van der Waals surface area (Å²) < 4.78 is 0. The quantitative estimate of drug-likeness (QED) is 0.856. The van der Waals surface area contributed by atoms with E-state index in [9.17, 15) is 4.79 Å². The van der Waals surface area contributed by atoms with Gasteiger partial charge in [-0.05, 0) is 30.2 Å². The Morgan fingerprint density at radius 3 is 2.62 bits per heavy atom. The Morgan fingerprint density at radius 2 is 1.92 bits per heavy atom. The molecule has 0 radical (unpaired) electrons. The third kappa shape index (κ3) is 3.75. The predicted molar refractivity (Wildman–Crippen MR) is 98.6 cm³/mol. The summed E-state index contributed by atoms with van der Waals surface area (Å²) >= 11 is 12.3. The number of halogens is 2. The number of amides is 1. The molecule has 24 heavy (non-hydrogen) atoms. The van der Waals surface area contributed by atoms with Gasteiger partial charge in [-0.25, -0.2) is 0 Å². The van der Waals surface area contributed by atoms with Crippen LogP contribution in [0.4, 0.5) is 0 Å². The van der Waals surface area contributed by atoms with Crippen molar-refractivity contribution in [3.63, 3.8) is 0 Å². The summed E-state index contributed by atoms with van der Waals surface area (Å²) in [4.78, 5) is 12.8. The minimum absolute atomic E-state index is 0.0272. The van der Waals surface area contributed by atoms with Crippen molar-refractivity contribution in [2.24, 2.45) is 5.92 Å². The van der Waals surface area contributed by atoms with Crippen LogP contribution in [0.2, 0.25) is 10.0 Å². The van der Waals surface area contributed by atoms with Crippen molar-refractivity contribution in [2.45, 2.75) is 18.9 Å². The first-order valence-corrected chi connectivity index (χ1v) is 8.83. The van der Waals surface area contributed by atoms with Crippen LogP contribution in [0.15, 0.2) is 48.5 Å². The smallest absolute Gasteiger partial charge is 0.225 e. The van der Waals surface area contributed by atoms with E-state index in [1.807, 2.05) is 49.4 Å². The van der Waals surface area contributed by atoms with Crippen molar-refractivity contribution in [3.8, 4) is 0 Å². The topological polar surface area (TPSA) is 41.1 Å². The summed E-state index contributed by atoms with van der Waals surface area (Å²) in [5, 5.41) is 7.65. The molecule has 2 aromatic rings. The van der Waals surface area contributed by atoms with Crippen molar-refractivity contribution in [1.29, 1.82) is 0 Å². The van der Waals surface area contributed by atoms with E-state index in [-0.39, 0.29) is 23.8 Å². The van der Waals surface area contributed by atoms with Crippen LogP contribution in [0.3, 0.4) is 0 Å². The Labute approximate surface area is 152 Å². The fourth-order valence-electron chi connectivity index (χ4n) is 3.23. The molecule has 1 aliphatic heterocycles. The zero-order valence-corrected chi connectivity index (χ0v) is 14.9. The average molecular weight is 363 g/mol. The molecule has 126 valence electrons. The highest BCUT2D eigenvalue weighted by molar-refractivity contribution is 6.35. The van der Waals surface area contributed by atoms with Crippen LogP contribution in [0.25, 0.3) is 0 Å². The third-order valence-electron chi connectivity index (χ3n) is 4.57. The van der Waals surface area contributed by atoms with Gasteiger partial charge in [0.1, 0.15) is 0 Å². The lowest BCUT2D eigenvalue weighted by molar-refractivity contribution is -0.125. The number of benzene rings is 2. The molecule has 3 unspecified atom stereocenters. The second-order valence-corrected chi connectivity index (χ2v) is 7.02. The Hall–Kier alpha value is -1.55. The van der Waals surface area contributed by atoms with Gasteiger partial charge in [-0.1, -0.05) is 59.6 Å². The maximum Gasteiger partial charge on any atom is 0.225 e. The fourth-order valence-corrected chi connectivity index (χ4v) is 3.78. The van der Waals surface area contributed by atoms with Crippen molar-refractivity contribution in [1.82, 2.24) is 10.6 Å². The predicted octanol–water partition coefficient (Wildman–Crippen LogP) is 4.17. The lowest BCUT2D eigenvalue weighted by Crippen LogP contribution is -2.36. The summed E-state index contributed by atoms with van der Waals surface area (Å²) in [5.74, 6) is -0.0417. The van der Waals surface area contributed by atoms with Crippen LogP contribution in [-0.2, 0) is 4.79 Å². The van der Waals surface area contributed by atoms with Crippen LogP contribution < -0.4 is 10.6 Å². The molecular formula is C19H20Cl2N2O. The van der Waals surface area contributed by atoms with Gasteiger partial charge in [0.25, 0.3) is 0 Å². The van der Waals surface area contributed by atoms with Gasteiger partial charge >= 0.3 is 0 Å². The highest BCUT2D eigenvalue weighted by atomic mass is 35.5. The van der Waals surface area contributed by atoms with E-state index in [0.717, 1.165) is 17.7 Å². The van der Waals surface area contributed by atoms with Crippen LogP contribution in [0.1, 0.15) is 30.0 Å². The Kier molecular flexibility index (Phi) is 5.44. The van der Waals surface area contributed by atoms with Gasteiger partial charge in [-0.15, -0.1) is 0 Å². The molecule has 3 atom stereocenters. The number of rotatable bonds is 4. The zero-order chi connectivity index (χ0) is 17.1. The molecular weight excluding hydrogens is 343 g/mol. The van der Waals surface area contributed by atoms with Gasteiger partial charge in [0.15, 0.2) is 0 Å². The van der Waals surface area contributed by atoms with Gasteiger partial charge < -0.3 is 10.6 Å². The van der Waals surface area contributed by atoms with Crippen molar-refractivity contribution in [2.75, 3.05) is 13.1 Å². The summed E-state index contributed by atoms with van der Waals surface area (Å²) in [6.45, 7) is 3.38. The normalized spacial score (nSPS) is 21.5. The van der Waals surface area contributed by atoms with E-state index in [1.54, 1.807) is 6.07 Å². The molecule has 0 bridgehead atoms. The molecule has 1 aliphatic rings. The van der Waals surface area contributed by atoms with E-state index >= 15 is 0 Å². The van der Waals surface area contributed by atoms with Crippen molar-refractivity contribution >= 4 is 29.1 Å². The average Bonchev–Trinajstić information content (AvgIpc) is 3.05. The van der Waals surface area contributed by atoms with Gasteiger partial charge in [0.05, 0.1) is 12.0 Å². The summed E-state index contributed by atoms with van der Waals surface area (Å²) in [7, 11) is 0. The van der Waals surface area contributed by atoms with Gasteiger partial charge in [-0.3, -0.25) is 4.79 Å². The van der Waals surface area contributed by atoms with Crippen LogP contribution >= 0.6 is 23.2 Å².